The van der Waals surface area contributed by atoms with Crippen LogP contribution in [0.1, 0.15) is 42.5 Å². The van der Waals surface area contributed by atoms with Gasteiger partial charge in [-0.2, -0.15) is 10.4 Å². The van der Waals surface area contributed by atoms with Gasteiger partial charge in [0.05, 0.1) is 18.0 Å². The van der Waals surface area contributed by atoms with E-state index in [0.29, 0.717) is 18.5 Å². The average Bonchev–Trinajstić information content (AvgIpc) is 3.23. The maximum Gasteiger partial charge on any atom is 0.254 e. The predicted molar refractivity (Wildman–Crippen MR) is 121 cm³/mol. The fourth-order valence-electron chi connectivity index (χ4n) is 4.27. The number of primary amides is 1. The van der Waals surface area contributed by atoms with E-state index in [4.69, 9.17) is 5.73 Å². The van der Waals surface area contributed by atoms with E-state index in [1.807, 2.05) is 0 Å². The van der Waals surface area contributed by atoms with Crippen LogP contribution in [-0.4, -0.2) is 21.7 Å². The monoisotopic (exact) mass is 450 g/mol. The van der Waals surface area contributed by atoms with Crippen molar-refractivity contribution in [3.05, 3.63) is 71.9 Å². The Balaban J connectivity index is 1.55. The summed E-state index contributed by atoms with van der Waals surface area (Å²) in [5.74, 6) is -1.05. The summed E-state index contributed by atoms with van der Waals surface area (Å²) in [4.78, 5) is 12.1. The van der Waals surface area contributed by atoms with Gasteiger partial charge in [0.15, 0.2) is 5.82 Å². The minimum absolute atomic E-state index is 0.172. The molecule has 1 amide bonds. The summed E-state index contributed by atoms with van der Waals surface area (Å²) in [5, 5.41) is 20.5. The number of nitriles is 1. The molecule has 0 radical (unpaired) electrons. The number of nitrogens with two attached hydrogens (primary N) is 1. The van der Waals surface area contributed by atoms with Crippen LogP contribution < -0.4 is 16.4 Å². The average molecular weight is 450 g/mol. The Bertz CT molecular complexity index is 1160. The zero-order valence-electron chi connectivity index (χ0n) is 17.9. The maximum atomic E-state index is 13.2. The maximum absolute atomic E-state index is 13.2. The van der Waals surface area contributed by atoms with Gasteiger partial charge in [-0.3, -0.25) is 9.48 Å². The summed E-state index contributed by atoms with van der Waals surface area (Å²) in [6.45, 7) is 0. The fourth-order valence-corrected chi connectivity index (χ4v) is 4.27. The van der Waals surface area contributed by atoms with Gasteiger partial charge >= 0.3 is 0 Å². The third-order valence-electron chi connectivity index (χ3n) is 6.11. The molecule has 0 atom stereocenters. The molecule has 1 aliphatic rings. The second kappa shape index (κ2) is 9.28. The lowest BCUT2D eigenvalue weighted by atomic mass is 9.77. The molecule has 33 heavy (non-hydrogen) atoms. The lowest BCUT2D eigenvalue weighted by molar-refractivity contribution is 0.100. The van der Waals surface area contributed by atoms with Crippen molar-refractivity contribution in [2.45, 2.75) is 43.7 Å². The first kappa shape index (κ1) is 22.3. The van der Waals surface area contributed by atoms with Gasteiger partial charge in [0.25, 0.3) is 5.91 Å². The van der Waals surface area contributed by atoms with E-state index in [0.717, 1.165) is 18.5 Å². The molecule has 4 rings (SSSR count). The van der Waals surface area contributed by atoms with Gasteiger partial charge in [-0.05, 0) is 74.2 Å². The van der Waals surface area contributed by atoms with E-state index in [1.54, 1.807) is 23.0 Å². The van der Waals surface area contributed by atoms with Gasteiger partial charge in [0.1, 0.15) is 17.2 Å². The van der Waals surface area contributed by atoms with Crippen molar-refractivity contribution in [2.24, 2.45) is 5.73 Å². The van der Waals surface area contributed by atoms with Gasteiger partial charge in [-0.15, -0.1) is 0 Å². The smallest absolute Gasteiger partial charge is 0.254 e. The Labute approximate surface area is 190 Å². The largest absolute Gasteiger partial charge is 0.382 e. The first-order chi connectivity index (χ1) is 15.9. The standard InChI is InChI=1S/C24H24F2N6O/c25-16-1-5-18(6-2-16)29-20-9-11-24(12-10-20,13-14-27)32-15-21(22(28)33)23(31-32)30-19-7-3-17(26)4-8-19/h1-8,15,20,29H,9-13H2,(H2,28,33)(H,30,31). The number of carbonyl (C=O) groups is 1. The second-order valence-electron chi connectivity index (χ2n) is 8.32. The summed E-state index contributed by atoms with van der Waals surface area (Å²) < 4.78 is 28.1. The fraction of sp³-hybridized carbons (Fsp3) is 0.292. The summed E-state index contributed by atoms with van der Waals surface area (Å²) in [6, 6.07) is 14.3. The molecule has 1 heterocycles. The minimum Gasteiger partial charge on any atom is -0.382 e. The molecule has 0 aliphatic heterocycles. The van der Waals surface area contributed by atoms with Gasteiger partial charge < -0.3 is 16.4 Å². The van der Waals surface area contributed by atoms with E-state index >= 15 is 0 Å². The Morgan fingerprint density at radius 1 is 1.09 bits per heavy atom. The molecule has 0 saturated heterocycles. The summed E-state index contributed by atoms with van der Waals surface area (Å²) in [5.41, 5.74) is 6.60. The molecule has 0 unspecified atom stereocenters. The molecular weight excluding hydrogens is 426 g/mol. The van der Waals surface area contributed by atoms with Crippen LogP contribution in [0.2, 0.25) is 0 Å². The third kappa shape index (κ3) is 4.95. The van der Waals surface area contributed by atoms with Crippen LogP contribution in [0.25, 0.3) is 0 Å². The summed E-state index contributed by atoms with van der Waals surface area (Å²) in [6.07, 6.45) is 4.67. The van der Waals surface area contributed by atoms with Crippen molar-refractivity contribution < 1.29 is 13.6 Å². The molecule has 170 valence electrons. The number of hydrogen-bond acceptors (Lipinski definition) is 5. The highest BCUT2D eigenvalue weighted by Crippen LogP contribution is 2.39. The molecule has 1 saturated carbocycles. The highest BCUT2D eigenvalue weighted by molar-refractivity contribution is 5.98. The zero-order valence-corrected chi connectivity index (χ0v) is 17.9. The van der Waals surface area contributed by atoms with E-state index in [-0.39, 0.29) is 35.5 Å². The Kier molecular flexibility index (Phi) is 6.27. The number of hydrogen-bond donors (Lipinski definition) is 3. The molecule has 7 nitrogen and oxygen atoms in total. The lowest BCUT2D eigenvalue weighted by Crippen LogP contribution is -2.41. The highest BCUT2D eigenvalue weighted by Gasteiger charge is 2.38. The molecule has 9 heteroatoms. The highest BCUT2D eigenvalue weighted by atomic mass is 19.1. The van der Waals surface area contributed by atoms with Crippen LogP contribution in [0.3, 0.4) is 0 Å². The first-order valence-electron chi connectivity index (χ1n) is 10.7. The molecular formula is C24H24F2N6O. The van der Waals surface area contributed by atoms with E-state index in [9.17, 15) is 18.8 Å². The molecule has 1 aliphatic carbocycles. The number of benzene rings is 2. The Morgan fingerprint density at radius 2 is 1.67 bits per heavy atom. The van der Waals surface area contributed by atoms with E-state index < -0.39 is 11.4 Å². The summed E-state index contributed by atoms with van der Waals surface area (Å²) >= 11 is 0. The van der Waals surface area contributed by atoms with Crippen molar-refractivity contribution in [1.82, 2.24) is 9.78 Å². The van der Waals surface area contributed by atoms with Gasteiger partial charge in [0.2, 0.25) is 0 Å². The zero-order chi connectivity index (χ0) is 23.4. The third-order valence-corrected chi connectivity index (χ3v) is 6.11. The van der Waals surface area contributed by atoms with Gasteiger partial charge in [0, 0.05) is 23.6 Å². The van der Waals surface area contributed by atoms with Crippen LogP contribution >= 0.6 is 0 Å². The van der Waals surface area contributed by atoms with Gasteiger partial charge in [-0.25, -0.2) is 8.78 Å². The number of amides is 1. The van der Waals surface area contributed by atoms with Gasteiger partial charge in [-0.1, -0.05) is 0 Å². The number of nitrogens with zero attached hydrogens (tertiary/aromatic N) is 3. The number of halogens is 2. The van der Waals surface area contributed by atoms with Crippen molar-refractivity contribution >= 4 is 23.1 Å². The number of rotatable bonds is 7. The first-order valence-corrected chi connectivity index (χ1v) is 10.7. The van der Waals surface area contributed by atoms with Crippen molar-refractivity contribution in [3.63, 3.8) is 0 Å². The van der Waals surface area contributed by atoms with Crippen LogP contribution in [-0.2, 0) is 5.54 Å². The SMILES string of the molecule is N#CCC1(n2cc(C(N)=O)c(Nc3ccc(F)cc3)n2)CCC(Nc2ccc(F)cc2)CC1. The molecule has 0 spiro atoms. The molecule has 0 bridgehead atoms. The quantitative estimate of drug-likeness (QED) is 0.485. The summed E-state index contributed by atoms with van der Waals surface area (Å²) in [7, 11) is 0. The van der Waals surface area contributed by atoms with Crippen molar-refractivity contribution in [3.8, 4) is 6.07 Å². The number of anilines is 3. The van der Waals surface area contributed by atoms with Crippen LogP contribution in [0, 0.1) is 23.0 Å². The molecule has 3 aromatic rings. The second-order valence-corrected chi connectivity index (χ2v) is 8.32. The van der Waals surface area contributed by atoms with E-state index in [1.165, 1.54) is 36.4 Å². The minimum atomic E-state index is -0.648. The normalized spacial score (nSPS) is 20.1. The van der Waals surface area contributed by atoms with Crippen molar-refractivity contribution in [1.29, 1.82) is 5.26 Å². The van der Waals surface area contributed by atoms with Crippen LogP contribution in [0.15, 0.2) is 54.7 Å². The van der Waals surface area contributed by atoms with E-state index in [2.05, 4.69) is 21.8 Å². The number of nitrogens with one attached hydrogen (secondary N) is 2. The number of carbonyl (C=O) groups excluding carboxylic acids is 1. The Hall–Kier alpha value is -3.93. The molecule has 2 aromatic carbocycles. The van der Waals surface area contributed by atoms with Crippen LogP contribution in [0.4, 0.5) is 26.0 Å². The lowest BCUT2D eigenvalue weighted by Gasteiger charge is -2.39. The molecule has 1 fully saturated rings. The topological polar surface area (TPSA) is 109 Å². The molecule has 1 aromatic heterocycles. The van der Waals surface area contributed by atoms with Crippen LogP contribution in [0.5, 0.6) is 0 Å². The van der Waals surface area contributed by atoms with Crippen molar-refractivity contribution in [2.75, 3.05) is 10.6 Å². The number of aromatic nitrogens is 2. The predicted octanol–water partition coefficient (Wildman–Crippen LogP) is 4.67. The Morgan fingerprint density at radius 3 is 2.21 bits per heavy atom. The molecule has 4 N–H and O–H groups in total.